The zero-order chi connectivity index (χ0) is 16.9. The van der Waals surface area contributed by atoms with E-state index in [1.165, 1.54) is 0 Å². The Kier molecular flexibility index (Phi) is 7.53. The highest BCUT2D eigenvalue weighted by atomic mass is 35.5. The predicted molar refractivity (Wildman–Crippen MR) is 99.2 cm³/mol. The summed E-state index contributed by atoms with van der Waals surface area (Å²) >= 11 is 0. The van der Waals surface area contributed by atoms with Gasteiger partial charge in [0.25, 0.3) is 0 Å². The Hall–Kier alpha value is -1.31. The summed E-state index contributed by atoms with van der Waals surface area (Å²) in [5.41, 5.74) is 0. The monoisotopic (exact) mass is 388 g/mol. The quantitative estimate of drug-likeness (QED) is 0.799. The number of halogens is 1. The van der Waals surface area contributed by atoms with Crippen LogP contribution >= 0.6 is 12.4 Å². The van der Waals surface area contributed by atoms with Gasteiger partial charge < -0.3 is 20.1 Å². The third-order valence-corrected chi connectivity index (χ3v) is 5.78. The molecule has 2 heterocycles. The SMILES string of the molecule is CC1CNCCC1NC(=O)CCS(=O)c1ccc2c(c1)OCCO2.Cl. The molecule has 0 bridgehead atoms. The minimum Gasteiger partial charge on any atom is -0.486 e. The smallest absolute Gasteiger partial charge is 0.221 e. The topological polar surface area (TPSA) is 76.7 Å². The van der Waals surface area contributed by atoms with Crippen LogP contribution in [0, 0.1) is 5.92 Å². The molecule has 1 amide bonds. The number of carbonyl (C=O) groups excluding carboxylic acids is 1. The van der Waals surface area contributed by atoms with E-state index in [4.69, 9.17) is 9.47 Å². The lowest BCUT2D eigenvalue weighted by Crippen LogP contribution is -2.48. The molecule has 0 saturated carbocycles. The lowest BCUT2D eigenvalue weighted by atomic mass is 9.95. The molecule has 2 aliphatic heterocycles. The van der Waals surface area contributed by atoms with Gasteiger partial charge >= 0.3 is 0 Å². The zero-order valence-electron chi connectivity index (χ0n) is 14.3. The summed E-state index contributed by atoms with van der Waals surface area (Å²) in [6, 6.07) is 5.51. The number of ether oxygens (including phenoxy) is 2. The first-order valence-corrected chi connectivity index (χ1v) is 9.73. The van der Waals surface area contributed by atoms with Gasteiger partial charge in [0.05, 0.1) is 10.8 Å². The Morgan fingerprint density at radius 2 is 2.08 bits per heavy atom. The average molecular weight is 389 g/mol. The molecule has 1 saturated heterocycles. The van der Waals surface area contributed by atoms with E-state index in [1.54, 1.807) is 18.2 Å². The Morgan fingerprint density at radius 1 is 1.32 bits per heavy atom. The maximum absolute atomic E-state index is 12.4. The third kappa shape index (κ3) is 5.33. The molecule has 3 unspecified atom stereocenters. The van der Waals surface area contributed by atoms with Gasteiger partial charge in [-0.3, -0.25) is 9.00 Å². The summed E-state index contributed by atoms with van der Waals surface area (Å²) in [4.78, 5) is 12.8. The third-order valence-electron chi connectivity index (χ3n) is 4.42. The van der Waals surface area contributed by atoms with E-state index in [0.29, 0.717) is 41.3 Å². The van der Waals surface area contributed by atoms with Crippen LogP contribution in [0.1, 0.15) is 19.8 Å². The molecule has 6 nitrogen and oxygen atoms in total. The molecule has 3 atom stereocenters. The van der Waals surface area contributed by atoms with Crippen LogP contribution in [0.25, 0.3) is 0 Å². The second kappa shape index (κ2) is 9.40. The number of hydrogen-bond donors (Lipinski definition) is 2. The van der Waals surface area contributed by atoms with Crippen molar-refractivity contribution in [1.82, 2.24) is 10.6 Å². The van der Waals surface area contributed by atoms with Crippen LogP contribution < -0.4 is 20.1 Å². The predicted octanol–water partition coefficient (Wildman–Crippen LogP) is 1.49. The first kappa shape index (κ1) is 20.0. The lowest BCUT2D eigenvalue weighted by molar-refractivity contribution is -0.121. The molecule has 0 aliphatic carbocycles. The van der Waals surface area contributed by atoms with Crippen molar-refractivity contribution in [2.45, 2.75) is 30.7 Å². The normalized spacial score (nSPS) is 23.2. The summed E-state index contributed by atoms with van der Waals surface area (Å²) in [5.74, 6) is 2.01. The van der Waals surface area contributed by atoms with Crippen molar-refractivity contribution in [3.63, 3.8) is 0 Å². The largest absolute Gasteiger partial charge is 0.486 e. The van der Waals surface area contributed by atoms with Gasteiger partial charge in [-0.05, 0) is 37.6 Å². The van der Waals surface area contributed by atoms with Crippen LogP contribution in [-0.4, -0.2) is 48.2 Å². The Labute approximate surface area is 156 Å². The van der Waals surface area contributed by atoms with Crippen molar-refractivity contribution in [2.75, 3.05) is 32.1 Å². The highest BCUT2D eigenvalue weighted by molar-refractivity contribution is 7.85. The number of nitrogens with one attached hydrogen (secondary N) is 2. The minimum absolute atomic E-state index is 0. The van der Waals surface area contributed by atoms with Crippen LogP contribution in [0.2, 0.25) is 0 Å². The summed E-state index contributed by atoms with van der Waals surface area (Å²) < 4.78 is 23.4. The summed E-state index contributed by atoms with van der Waals surface area (Å²) in [7, 11) is -1.23. The van der Waals surface area contributed by atoms with Crippen LogP contribution in [0.3, 0.4) is 0 Å². The van der Waals surface area contributed by atoms with E-state index in [-0.39, 0.29) is 30.8 Å². The molecule has 1 fully saturated rings. The zero-order valence-corrected chi connectivity index (χ0v) is 15.9. The maximum Gasteiger partial charge on any atom is 0.221 e. The average Bonchev–Trinajstić information content (AvgIpc) is 2.61. The Balaban J connectivity index is 0.00000225. The van der Waals surface area contributed by atoms with E-state index >= 15 is 0 Å². The Morgan fingerprint density at radius 3 is 2.84 bits per heavy atom. The standard InChI is InChI=1S/C17H24N2O4S.ClH/c1-12-11-18-6-4-14(12)19-17(20)5-9-24(21)13-2-3-15-16(10-13)23-8-7-22-15;/h2-3,10,12,14,18H,4-9,11H2,1H3,(H,19,20);1H. The van der Waals surface area contributed by atoms with Crippen molar-refractivity contribution in [2.24, 2.45) is 5.92 Å². The van der Waals surface area contributed by atoms with Crippen LogP contribution in [0.5, 0.6) is 11.5 Å². The lowest BCUT2D eigenvalue weighted by Gasteiger charge is -2.30. The van der Waals surface area contributed by atoms with E-state index in [2.05, 4.69) is 17.6 Å². The molecule has 1 aromatic carbocycles. The van der Waals surface area contributed by atoms with Gasteiger partial charge in [0.15, 0.2) is 11.5 Å². The first-order valence-electron chi connectivity index (χ1n) is 8.41. The van der Waals surface area contributed by atoms with Crippen molar-refractivity contribution in [3.8, 4) is 11.5 Å². The number of benzene rings is 1. The molecule has 1 aromatic rings. The van der Waals surface area contributed by atoms with Gasteiger partial charge in [0.1, 0.15) is 13.2 Å². The van der Waals surface area contributed by atoms with E-state index in [9.17, 15) is 9.00 Å². The number of carbonyl (C=O) groups is 1. The molecule has 0 spiro atoms. The van der Waals surface area contributed by atoms with Gasteiger partial charge in [0, 0.05) is 29.2 Å². The summed E-state index contributed by atoms with van der Waals surface area (Å²) in [6.07, 6.45) is 1.20. The number of hydrogen-bond acceptors (Lipinski definition) is 5. The second-order valence-electron chi connectivity index (χ2n) is 6.25. The van der Waals surface area contributed by atoms with E-state index < -0.39 is 10.8 Å². The highest BCUT2D eigenvalue weighted by Gasteiger charge is 2.22. The molecular formula is C17H25ClN2O4S. The molecule has 3 rings (SSSR count). The molecule has 140 valence electrons. The number of piperidine rings is 1. The van der Waals surface area contributed by atoms with Crippen molar-refractivity contribution in [1.29, 1.82) is 0 Å². The summed E-state index contributed by atoms with van der Waals surface area (Å²) in [5, 5.41) is 6.38. The molecule has 8 heteroatoms. The fourth-order valence-electron chi connectivity index (χ4n) is 2.98. The van der Waals surface area contributed by atoms with Gasteiger partial charge in [-0.25, -0.2) is 0 Å². The van der Waals surface area contributed by atoms with Crippen LogP contribution in [-0.2, 0) is 15.6 Å². The fourth-order valence-corrected chi connectivity index (χ4v) is 4.04. The number of fused-ring (bicyclic) bond motifs is 1. The van der Waals surface area contributed by atoms with Gasteiger partial charge in [-0.15, -0.1) is 12.4 Å². The summed E-state index contributed by atoms with van der Waals surface area (Å²) in [6.45, 7) is 5.02. The fraction of sp³-hybridized carbons (Fsp3) is 0.588. The van der Waals surface area contributed by atoms with Crippen LogP contribution in [0.4, 0.5) is 0 Å². The van der Waals surface area contributed by atoms with Gasteiger partial charge in [0.2, 0.25) is 5.91 Å². The van der Waals surface area contributed by atoms with Crippen molar-refractivity contribution >= 4 is 29.1 Å². The molecule has 0 aromatic heterocycles. The maximum atomic E-state index is 12.4. The molecule has 2 aliphatic rings. The molecular weight excluding hydrogens is 364 g/mol. The second-order valence-corrected chi connectivity index (χ2v) is 7.82. The van der Waals surface area contributed by atoms with Gasteiger partial charge in [-0.2, -0.15) is 0 Å². The Bertz CT molecular complexity index is 629. The molecule has 0 radical (unpaired) electrons. The molecule has 25 heavy (non-hydrogen) atoms. The van der Waals surface area contributed by atoms with Crippen molar-refractivity contribution in [3.05, 3.63) is 18.2 Å². The molecule has 2 N–H and O–H groups in total. The number of amides is 1. The first-order chi connectivity index (χ1) is 11.6. The number of rotatable bonds is 5. The highest BCUT2D eigenvalue weighted by Crippen LogP contribution is 2.31. The van der Waals surface area contributed by atoms with E-state index in [1.807, 2.05) is 0 Å². The van der Waals surface area contributed by atoms with Gasteiger partial charge in [-0.1, -0.05) is 6.92 Å². The minimum atomic E-state index is -1.23. The van der Waals surface area contributed by atoms with Crippen LogP contribution in [0.15, 0.2) is 23.1 Å². The van der Waals surface area contributed by atoms with E-state index in [0.717, 1.165) is 19.5 Å². The van der Waals surface area contributed by atoms with Crippen molar-refractivity contribution < 1.29 is 18.5 Å².